The molecule has 0 unspecified atom stereocenters. The fourth-order valence-corrected chi connectivity index (χ4v) is 6.13. The lowest BCUT2D eigenvalue weighted by atomic mass is 9.84. The van der Waals surface area contributed by atoms with Gasteiger partial charge in [0, 0.05) is 16.8 Å². The molecule has 2 heterocycles. The quantitative estimate of drug-likeness (QED) is 0.771. The van der Waals surface area contributed by atoms with Crippen LogP contribution in [-0.2, 0) is 20.2 Å². The molecule has 8 heteroatoms. The smallest absolute Gasteiger partial charge is 0.250 e. The van der Waals surface area contributed by atoms with E-state index in [1.165, 1.54) is 23.8 Å². The van der Waals surface area contributed by atoms with E-state index in [0.717, 1.165) is 24.2 Å². The van der Waals surface area contributed by atoms with Crippen molar-refractivity contribution in [3.8, 4) is 0 Å². The molecule has 0 aromatic carbocycles. The lowest BCUT2D eigenvalue weighted by Crippen LogP contribution is -2.43. The minimum Gasteiger partial charge on any atom is -0.354 e. The molecule has 1 aliphatic rings. The predicted octanol–water partition coefficient (Wildman–Crippen LogP) is 2.72. The van der Waals surface area contributed by atoms with E-state index in [4.69, 9.17) is 0 Å². The Kier molecular flexibility index (Phi) is 5.39. The summed E-state index contributed by atoms with van der Waals surface area (Å²) in [5, 5.41) is 6.67. The summed E-state index contributed by atoms with van der Waals surface area (Å²) >= 11 is 2.86. The van der Waals surface area contributed by atoms with Crippen LogP contribution >= 0.6 is 22.7 Å². The molecular formula is C16H20N2O3S3. The highest BCUT2D eigenvalue weighted by molar-refractivity contribution is 7.91. The Hall–Kier alpha value is -1.22. The summed E-state index contributed by atoms with van der Waals surface area (Å²) in [5.41, 5.74) is 0.0104. The van der Waals surface area contributed by atoms with E-state index < -0.39 is 10.0 Å². The van der Waals surface area contributed by atoms with Crippen molar-refractivity contribution in [2.24, 2.45) is 0 Å². The van der Waals surface area contributed by atoms with E-state index in [1.807, 2.05) is 6.07 Å². The number of nitrogens with one attached hydrogen (secondary N) is 2. The van der Waals surface area contributed by atoms with Crippen LogP contribution in [-0.4, -0.2) is 27.4 Å². The first-order valence-electron chi connectivity index (χ1n) is 7.86. The molecular weight excluding hydrogens is 364 g/mol. The molecule has 130 valence electrons. The van der Waals surface area contributed by atoms with Crippen molar-refractivity contribution in [3.05, 3.63) is 39.9 Å². The van der Waals surface area contributed by atoms with Gasteiger partial charge >= 0.3 is 0 Å². The van der Waals surface area contributed by atoms with Crippen molar-refractivity contribution in [2.45, 2.75) is 35.3 Å². The van der Waals surface area contributed by atoms with Crippen LogP contribution < -0.4 is 10.0 Å². The maximum absolute atomic E-state index is 12.1. The number of hydrogen-bond donors (Lipinski definition) is 2. The highest BCUT2D eigenvalue weighted by Gasteiger charge is 2.36. The molecule has 0 aliphatic heterocycles. The zero-order valence-electron chi connectivity index (χ0n) is 13.2. The lowest BCUT2D eigenvalue weighted by molar-refractivity contribution is -0.120. The Morgan fingerprint density at radius 2 is 1.83 bits per heavy atom. The monoisotopic (exact) mass is 384 g/mol. The molecule has 1 aliphatic carbocycles. The van der Waals surface area contributed by atoms with E-state index in [0.29, 0.717) is 6.54 Å². The van der Waals surface area contributed by atoms with Gasteiger partial charge in [0.2, 0.25) is 5.91 Å². The van der Waals surface area contributed by atoms with Crippen LogP contribution in [0.2, 0.25) is 0 Å². The van der Waals surface area contributed by atoms with Crippen LogP contribution in [0.25, 0.3) is 0 Å². The second-order valence-corrected chi connectivity index (χ2v) is 9.89. The number of carbonyl (C=O) groups is 1. The van der Waals surface area contributed by atoms with Gasteiger partial charge in [-0.25, -0.2) is 13.1 Å². The summed E-state index contributed by atoms with van der Waals surface area (Å²) in [7, 11) is -3.60. The topological polar surface area (TPSA) is 75.3 Å². The average Bonchev–Trinajstić information content (AvgIpc) is 3.33. The zero-order valence-corrected chi connectivity index (χ0v) is 15.6. The summed E-state index contributed by atoms with van der Waals surface area (Å²) in [6.07, 6.45) is 4.46. The fourth-order valence-electron chi connectivity index (χ4n) is 3.12. The first-order valence-corrected chi connectivity index (χ1v) is 11.1. The summed E-state index contributed by atoms with van der Waals surface area (Å²) in [6, 6.07) is 7.36. The van der Waals surface area contributed by atoms with E-state index in [2.05, 4.69) is 21.5 Å². The molecule has 24 heavy (non-hydrogen) atoms. The number of amides is 1. The Morgan fingerprint density at radius 3 is 2.46 bits per heavy atom. The van der Waals surface area contributed by atoms with E-state index in [-0.39, 0.29) is 22.1 Å². The van der Waals surface area contributed by atoms with Gasteiger partial charge in [-0.15, -0.1) is 22.7 Å². The number of rotatable bonds is 7. The van der Waals surface area contributed by atoms with Crippen molar-refractivity contribution >= 4 is 38.6 Å². The molecule has 0 spiro atoms. The fraction of sp³-hybridized carbons (Fsp3) is 0.438. The standard InChI is InChI=1S/C16H20N2O3S3/c19-14(11-18-24(20,21)15-6-4-10-23-15)17-12-16(7-1-2-8-16)13-5-3-9-22-13/h3-6,9-10,18H,1-2,7-8,11-12H2,(H,17,19). The van der Waals surface area contributed by atoms with Gasteiger partial charge in [0.1, 0.15) is 4.21 Å². The SMILES string of the molecule is O=C(CNS(=O)(=O)c1cccs1)NCC1(c2cccs2)CCCC1. The molecule has 0 bridgehead atoms. The normalized spacial score (nSPS) is 17.0. The van der Waals surface area contributed by atoms with Gasteiger partial charge in [0.15, 0.2) is 0 Å². The number of sulfonamides is 1. The molecule has 2 aromatic heterocycles. The third kappa shape index (κ3) is 3.88. The highest BCUT2D eigenvalue weighted by Crippen LogP contribution is 2.42. The van der Waals surface area contributed by atoms with E-state index >= 15 is 0 Å². The second-order valence-electron chi connectivity index (χ2n) is 6.00. The maximum Gasteiger partial charge on any atom is 0.250 e. The Bertz CT molecular complexity index is 762. The number of thiophene rings is 2. The Morgan fingerprint density at radius 1 is 1.12 bits per heavy atom. The van der Waals surface area contributed by atoms with Gasteiger partial charge in [0.05, 0.1) is 6.54 Å². The molecule has 2 N–H and O–H groups in total. The first-order chi connectivity index (χ1) is 11.5. The highest BCUT2D eigenvalue weighted by atomic mass is 32.2. The molecule has 0 saturated heterocycles. The van der Waals surface area contributed by atoms with Gasteiger partial charge in [-0.1, -0.05) is 25.0 Å². The Labute approximate surface area is 150 Å². The largest absolute Gasteiger partial charge is 0.354 e. The molecule has 1 amide bonds. The van der Waals surface area contributed by atoms with Gasteiger partial charge < -0.3 is 5.32 Å². The number of carbonyl (C=O) groups excluding carboxylic acids is 1. The van der Waals surface area contributed by atoms with Crippen LogP contribution in [0.15, 0.2) is 39.2 Å². The van der Waals surface area contributed by atoms with Crippen molar-refractivity contribution in [1.82, 2.24) is 10.0 Å². The minimum atomic E-state index is -3.60. The van der Waals surface area contributed by atoms with Crippen LogP contribution in [0.3, 0.4) is 0 Å². The van der Waals surface area contributed by atoms with Gasteiger partial charge in [-0.3, -0.25) is 4.79 Å². The molecule has 0 atom stereocenters. The van der Waals surface area contributed by atoms with Crippen molar-refractivity contribution in [1.29, 1.82) is 0 Å². The third-order valence-electron chi connectivity index (χ3n) is 4.41. The van der Waals surface area contributed by atoms with Gasteiger partial charge in [-0.2, -0.15) is 0 Å². The number of hydrogen-bond acceptors (Lipinski definition) is 5. The van der Waals surface area contributed by atoms with Gasteiger partial charge in [-0.05, 0) is 35.7 Å². The lowest BCUT2D eigenvalue weighted by Gasteiger charge is -2.28. The average molecular weight is 385 g/mol. The zero-order chi connectivity index (χ0) is 17.0. The van der Waals surface area contributed by atoms with E-state index in [9.17, 15) is 13.2 Å². The summed E-state index contributed by atoms with van der Waals surface area (Å²) < 4.78 is 26.6. The second kappa shape index (κ2) is 7.35. The molecule has 1 fully saturated rings. The maximum atomic E-state index is 12.1. The van der Waals surface area contributed by atoms with Crippen molar-refractivity contribution < 1.29 is 13.2 Å². The van der Waals surface area contributed by atoms with Crippen LogP contribution in [0.5, 0.6) is 0 Å². The molecule has 3 rings (SSSR count). The van der Waals surface area contributed by atoms with Crippen LogP contribution in [0.1, 0.15) is 30.6 Å². The molecule has 5 nitrogen and oxygen atoms in total. The van der Waals surface area contributed by atoms with E-state index in [1.54, 1.807) is 22.8 Å². The van der Waals surface area contributed by atoms with Gasteiger partial charge in [0.25, 0.3) is 10.0 Å². The predicted molar refractivity (Wildman–Crippen MR) is 97.0 cm³/mol. The summed E-state index contributed by atoms with van der Waals surface area (Å²) in [6.45, 7) is 0.327. The summed E-state index contributed by atoms with van der Waals surface area (Å²) in [5.74, 6) is -0.294. The van der Waals surface area contributed by atoms with Crippen molar-refractivity contribution in [2.75, 3.05) is 13.1 Å². The third-order valence-corrected chi connectivity index (χ3v) is 8.33. The van der Waals surface area contributed by atoms with Crippen LogP contribution in [0, 0.1) is 0 Å². The molecule has 1 saturated carbocycles. The first kappa shape index (κ1) is 17.6. The van der Waals surface area contributed by atoms with Crippen LogP contribution in [0.4, 0.5) is 0 Å². The summed E-state index contributed by atoms with van der Waals surface area (Å²) in [4.78, 5) is 13.4. The Balaban J connectivity index is 1.55. The molecule has 0 radical (unpaired) electrons. The minimum absolute atomic E-state index is 0.0104. The van der Waals surface area contributed by atoms with Crippen molar-refractivity contribution in [3.63, 3.8) is 0 Å². The molecule has 2 aromatic rings.